The molecule has 0 radical (unpaired) electrons. The Labute approximate surface area is 115 Å². The molecule has 0 saturated carbocycles. The minimum Gasteiger partial charge on any atom is -0.265 e. The van der Waals surface area contributed by atoms with Crippen LogP contribution >= 0.6 is 0 Å². The monoisotopic (exact) mass is 290 g/mol. The first-order chi connectivity index (χ1) is 7.85. The molecule has 0 aliphatic heterocycles. The lowest BCUT2D eigenvalue weighted by Crippen LogP contribution is -2.41. The highest BCUT2D eigenvalue weighted by atomic mass is 32.2. The Hall–Kier alpha value is -0.133. The van der Waals surface area contributed by atoms with Gasteiger partial charge in [0, 0.05) is 0 Å². The van der Waals surface area contributed by atoms with Gasteiger partial charge in [0.2, 0.25) is 0 Å². The fourth-order valence-electron chi connectivity index (χ4n) is 1.36. The molecule has 0 fully saturated rings. The summed E-state index contributed by atoms with van der Waals surface area (Å²) >= 11 is 0. The maximum absolute atomic E-state index is 12.7. The van der Waals surface area contributed by atoms with Crippen molar-refractivity contribution < 1.29 is 4.21 Å². The summed E-state index contributed by atoms with van der Waals surface area (Å²) in [5.74, 6) is 0.244. The van der Waals surface area contributed by atoms with Crippen LogP contribution in [-0.2, 0) is 9.92 Å². The molecule has 0 saturated heterocycles. The molecule has 5 heteroatoms. The number of nitrogens with zero attached hydrogens (tertiary/aromatic N) is 1. The van der Waals surface area contributed by atoms with Crippen LogP contribution in [0.5, 0.6) is 0 Å². The Bertz CT molecular complexity index is 404. The van der Waals surface area contributed by atoms with E-state index in [2.05, 4.69) is 51.4 Å². The summed E-state index contributed by atoms with van der Waals surface area (Å²) < 4.78 is 17.3. The van der Waals surface area contributed by atoms with E-state index in [4.69, 9.17) is 5.14 Å². The molecule has 108 valence electrons. The third-order valence-corrected chi connectivity index (χ3v) is 12.2. The van der Waals surface area contributed by atoms with Gasteiger partial charge >= 0.3 is 0 Å². The quantitative estimate of drug-likeness (QED) is 0.605. The number of hydrogen-bond acceptors (Lipinski definition) is 2. The largest absolute Gasteiger partial charge is 0.265 e. The summed E-state index contributed by atoms with van der Waals surface area (Å²) in [6.07, 6.45) is 2.67. The maximum atomic E-state index is 12.7. The maximum Gasteiger partial charge on any atom is 0.194 e. The molecule has 0 aromatic heterocycles. The van der Waals surface area contributed by atoms with Gasteiger partial charge < -0.3 is 0 Å². The summed E-state index contributed by atoms with van der Waals surface area (Å²) in [6.45, 7) is 18.4. The molecule has 0 aliphatic carbocycles. The summed E-state index contributed by atoms with van der Waals surface area (Å²) in [5, 5.41) is 5.99. The molecule has 18 heavy (non-hydrogen) atoms. The zero-order valence-electron chi connectivity index (χ0n) is 13.0. The van der Waals surface area contributed by atoms with Crippen molar-refractivity contribution in [2.45, 2.75) is 64.4 Å². The van der Waals surface area contributed by atoms with Crippen molar-refractivity contribution in [2.75, 3.05) is 0 Å². The zero-order valence-corrected chi connectivity index (χ0v) is 14.8. The van der Waals surface area contributed by atoms with E-state index in [0.717, 1.165) is 6.42 Å². The fourth-order valence-corrected chi connectivity index (χ4v) is 6.76. The van der Waals surface area contributed by atoms with Crippen LogP contribution in [-0.4, -0.2) is 17.7 Å². The van der Waals surface area contributed by atoms with E-state index < -0.39 is 18.2 Å². The second kappa shape index (κ2) is 5.88. The lowest BCUT2D eigenvalue weighted by atomic mass is 10.1. The van der Waals surface area contributed by atoms with Crippen molar-refractivity contribution in [1.82, 2.24) is 0 Å². The van der Waals surface area contributed by atoms with Gasteiger partial charge in [-0.15, -0.1) is 6.58 Å². The van der Waals surface area contributed by atoms with Crippen molar-refractivity contribution in [3.05, 3.63) is 12.7 Å². The van der Waals surface area contributed by atoms with Gasteiger partial charge in [0.05, 0.1) is 15.2 Å². The highest BCUT2D eigenvalue weighted by molar-refractivity contribution is 7.92. The lowest BCUT2D eigenvalue weighted by molar-refractivity contribution is 0.561. The topological polar surface area (TPSA) is 55.5 Å². The normalized spacial score (nSPS) is 19.8. The number of hydrogen-bond donors (Lipinski definition) is 1. The first kappa shape index (κ1) is 17.9. The van der Waals surface area contributed by atoms with E-state index in [1.807, 2.05) is 13.0 Å². The van der Waals surface area contributed by atoms with E-state index in [9.17, 15) is 4.21 Å². The molecule has 0 amide bonds. The molecule has 2 N–H and O–H groups in total. The molecule has 0 bridgehead atoms. The molecular formula is C13H30N2OSSi. The molecule has 0 spiro atoms. The van der Waals surface area contributed by atoms with Gasteiger partial charge in [0.25, 0.3) is 0 Å². The lowest BCUT2D eigenvalue weighted by Gasteiger charge is -2.34. The van der Waals surface area contributed by atoms with Gasteiger partial charge in [-0.05, 0) is 37.4 Å². The van der Waals surface area contributed by atoms with Crippen LogP contribution in [0.25, 0.3) is 0 Å². The third kappa shape index (κ3) is 4.52. The Kier molecular flexibility index (Phi) is 5.84. The van der Waals surface area contributed by atoms with Gasteiger partial charge in [-0.1, -0.05) is 33.8 Å². The summed E-state index contributed by atoms with van der Waals surface area (Å²) in [5.41, 5.74) is 0. The Morgan fingerprint density at radius 3 is 2.17 bits per heavy atom. The van der Waals surface area contributed by atoms with Crippen molar-refractivity contribution >= 4 is 18.2 Å². The van der Waals surface area contributed by atoms with Crippen LogP contribution in [0.4, 0.5) is 0 Å². The number of nitrogens with two attached hydrogens (primary N) is 1. The first-order valence-corrected chi connectivity index (χ1v) is 11.1. The van der Waals surface area contributed by atoms with Crippen LogP contribution in [0.1, 0.15) is 41.0 Å². The van der Waals surface area contributed by atoms with Gasteiger partial charge in [0.15, 0.2) is 8.24 Å². The van der Waals surface area contributed by atoms with Gasteiger partial charge in [0.1, 0.15) is 0 Å². The van der Waals surface area contributed by atoms with Crippen molar-refractivity contribution in [1.29, 1.82) is 0 Å². The molecular weight excluding hydrogens is 260 g/mol. The van der Waals surface area contributed by atoms with Crippen LogP contribution in [0.2, 0.25) is 18.1 Å². The average molecular weight is 291 g/mol. The second-order valence-electron chi connectivity index (χ2n) is 6.72. The van der Waals surface area contributed by atoms with Gasteiger partial charge in [-0.25, -0.2) is 9.35 Å². The molecule has 0 aromatic rings. The highest BCUT2D eigenvalue weighted by Crippen LogP contribution is 2.37. The van der Waals surface area contributed by atoms with E-state index in [1.165, 1.54) is 0 Å². The minimum atomic E-state index is -2.63. The predicted molar refractivity (Wildman–Crippen MR) is 85.4 cm³/mol. The summed E-state index contributed by atoms with van der Waals surface area (Å²) in [4.78, 5) is 0. The van der Waals surface area contributed by atoms with Crippen LogP contribution < -0.4 is 5.14 Å². The van der Waals surface area contributed by atoms with Crippen molar-refractivity contribution in [2.24, 2.45) is 15.1 Å². The molecule has 3 atom stereocenters. The molecule has 0 heterocycles. The Morgan fingerprint density at radius 2 is 1.83 bits per heavy atom. The van der Waals surface area contributed by atoms with Crippen LogP contribution in [0, 0.1) is 5.92 Å². The van der Waals surface area contributed by atoms with E-state index in [0.29, 0.717) is 0 Å². The van der Waals surface area contributed by atoms with Crippen LogP contribution in [0.3, 0.4) is 0 Å². The highest BCUT2D eigenvalue weighted by Gasteiger charge is 2.38. The SMILES string of the molecule is C=CCC(C)C(C)S(N)(=O)=N[Si](C)(C)C(C)(C)C. The Morgan fingerprint density at radius 1 is 1.39 bits per heavy atom. The number of rotatable bonds is 5. The molecule has 0 aliphatic rings. The summed E-state index contributed by atoms with van der Waals surface area (Å²) in [6, 6.07) is 0. The smallest absolute Gasteiger partial charge is 0.194 e. The molecule has 3 nitrogen and oxygen atoms in total. The van der Waals surface area contributed by atoms with Crippen LogP contribution in [0.15, 0.2) is 16.7 Å². The predicted octanol–water partition coefficient (Wildman–Crippen LogP) is 3.93. The zero-order chi connectivity index (χ0) is 14.8. The number of allylic oxidation sites excluding steroid dienone is 1. The Balaban J connectivity index is 5.38. The van der Waals surface area contributed by atoms with E-state index >= 15 is 0 Å². The van der Waals surface area contributed by atoms with Gasteiger partial charge in [-0.3, -0.25) is 4.03 Å². The second-order valence-corrected chi connectivity index (χ2v) is 14.0. The molecule has 0 rings (SSSR count). The van der Waals surface area contributed by atoms with E-state index in [-0.39, 0.29) is 16.2 Å². The molecule has 3 unspecified atom stereocenters. The first-order valence-electron chi connectivity index (χ1n) is 6.51. The standard InChI is InChI=1S/C13H30N2OSSi/c1-9-10-11(2)12(3)17(14,16)15-18(7,8)13(4,5)6/h9,11-12H,1,10H2,2-8H3,(H2,14,15,16). The van der Waals surface area contributed by atoms with Crippen molar-refractivity contribution in [3.63, 3.8) is 0 Å². The minimum absolute atomic E-state index is 0.0659. The molecule has 0 aromatic carbocycles. The fraction of sp³-hybridized carbons (Fsp3) is 0.846. The third-order valence-electron chi connectivity index (χ3n) is 4.08. The van der Waals surface area contributed by atoms with E-state index in [1.54, 1.807) is 0 Å². The average Bonchev–Trinajstić information content (AvgIpc) is 2.13. The van der Waals surface area contributed by atoms with Gasteiger partial charge in [-0.2, -0.15) is 0 Å². The summed E-state index contributed by atoms with van der Waals surface area (Å²) in [7, 11) is -4.61. The van der Waals surface area contributed by atoms with Crippen molar-refractivity contribution in [3.8, 4) is 0 Å².